The zero-order valence-electron chi connectivity index (χ0n) is 6.62. The first kappa shape index (κ1) is 8.33. The molecule has 11 heavy (non-hydrogen) atoms. The maximum absolute atomic E-state index is 10.4. The van der Waals surface area contributed by atoms with E-state index in [1.807, 2.05) is 6.92 Å². The van der Waals surface area contributed by atoms with E-state index in [2.05, 4.69) is 0 Å². The molecule has 0 bridgehead atoms. The Labute approximate surface area is 65.8 Å². The molecule has 1 amide bonds. The predicted octanol–water partition coefficient (Wildman–Crippen LogP) is 1.12. The molecule has 1 rings (SSSR count). The molecule has 1 unspecified atom stereocenters. The summed E-state index contributed by atoms with van der Waals surface area (Å²) in [7, 11) is 0. The minimum Gasteiger partial charge on any atom is -0.465 e. The number of ether oxygens (including phenoxy) is 1. The Morgan fingerprint density at radius 2 is 2.55 bits per heavy atom. The van der Waals surface area contributed by atoms with Crippen LogP contribution in [0.25, 0.3) is 0 Å². The molecule has 0 aliphatic carbocycles. The van der Waals surface area contributed by atoms with E-state index in [1.165, 1.54) is 4.90 Å². The second kappa shape index (κ2) is 3.57. The Balaban J connectivity index is 2.20. The lowest BCUT2D eigenvalue weighted by Crippen LogP contribution is -2.51. The molecule has 0 radical (unpaired) electrons. The molecule has 0 aromatic carbocycles. The smallest absolute Gasteiger partial charge is 0.409 e. The first-order valence-electron chi connectivity index (χ1n) is 3.87. The summed E-state index contributed by atoms with van der Waals surface area (Å²) in [5, 5.41) is 8.55. The number of amides is 1. The highest BCUT2D eigenvalue weighted by Crippen LogP contribution is 2.18. The van der Waals surface area contributed by atoms with Crippen LogP contribution in [0, 0.1) is 0 Å². The van der Waals surface area contributed by atoms with E-state index in [4.69, 9.17) is 9.84 Å². The van der Waals surface area contributed by atoms with Crippen LogP contribution in [-0.2, 0) is 4.74 Å². The summed E-state index contributed by atoms with van der Waals surface area (Å²) in [6, 6.07) is 0. The Morgan fingerprint density at radius 3 is 2.91 bits per heavy atom. The lowest BCUT2D eigenvalue weighted by atomic mass is 10.2. The van der Waals surface area contributed by atoms with E-state index in [-0.39, 0.29) is 6.23 Å². The summed E-state index contributed by atoms with van der Waals surface area (Å²) in [5.74, 6) is 0. The van der Waals surface area contributed by atoms with Crippen LogP contribution < -0.4 is 0 Å². The standard InChI is InChI=1S/C7H13NO3/c1-2-5-11-6-3-4-8(6)7(9)10/h6H,2-5H2,1H3,(H,9,10). The van der Waals surface area contributed by atoms with E-state index in [9.17, 15) is 4.79 Å². The van der Waals surface area contributed by atoms with Crippen LogP contribution in [0.5, 0.6) is 0 Å². The van der Waals surface area contributed by atoms with Gasteiger partial charge in [0, 0.05) is 19.6 Å². The average Bonchev–Trinajstić information content (AvgIpc) is 1.84. The largest absolute Gasteiger partial charge is 0.465 e. The van der Waals surface area contributed by atoms with Crippen molar-refractivity contribution in [1.29, 1.82) is 0 Å². The van der Waals surface area contributed by atoms with Crippen molar-refractivity contribution in [3.8, 4) is 0 Å². The second-order valence-corrected chi connectivity index (χ2v) is 2.59. The van der Waals surface area contributed by atoms with Crippen LogP contribution in [0.1, 0.15) is 19.8 Å². The molecule has 0 aromatic rings. The fourth-order valence-electron chi connectivity index (χ4n) is 1.01. The summed E-state index contributed by atoms with van der Waals surface area (Å²) < 4.78 is 5.25. The summed E-state index contributed by atoms with van der Waals surface area (Å²) in [6.45, 7) is 3.27. The molecule has 0 spiro atoms. The van der Waals surface area contributed by atoms with Crippen LogP contribution >= 0.6 is 0 Å². The molecule has 1 heterocycles. The number of rotatable bonds is 3. The van der Waals surface area contributed by atoms with Gasteiger partial charge in [-0.3, -0.25) is 4.90 Å². The first-order valence-corrected chi connectivity index (χ1v) is 3.87. The molecule has 1 aliphatic heterocycles. The molecular weight excluding hydrogens is 146 g/mol. The number of nitrogens with zero attached hydrogens (tertiary/aromatic N) is 1. The Bertz CT molecular complexity index is 149. The maximum Gasteiger partial charge on any atom is 0.409 e. The quantitative estimate of drug-likeness (QED) is 0.671. The monoisotopic (exact) mass is 159 g/mol. The number of likely N-dealkylation sites (tertiary alicyclic amines) is 1. The first-order chi connectivity index (χ1) is 5.25. The molecule has 1 aliphatic rings. The number of carboxylic acid groups (broad SMARTS) is 1. The van der Waals surface area contributed by atoms with Gasteiger partial charge >= 0.3 is 6.09 Å². The van der Waals surface area contributed by atoms with E-state index in [0.717, 1.165) is 12.8 Å². The highest BCUT2D eigenvalue weighted by molar-refractivity contribution is 5.66. The van der Waals surface area contributed by atoms with E-state index in [0.29, 0.717) is 13.2 Å². The van der Waals surface area contributed by atoms with Gasteiger partial charge in [0.15, 0.2) is 0 Å². The van der Waals surface area contributed by atoms with Gasteiger partial charge in [0.05, 0.1) is 0 Å². The second-order valence-electron chi connectivity index (χ2n) is 2.59. The number of carbonyl (C=O) groups is 1. The van der Waals surface area contributed by atoms with Crippen molar-refractivity contribution in [3.05, 3.63) is 0 Å². The van der Waals surface area contributed by atoms with Gasteiger partial charge in [0.1, 0.15) is 6.23 Å². The van der Waals surface area contributed by atoms with Gasteiger partial charge in [0.2, 0.25) is 0 Å². The Morgan fingerprint density at radius 1 is 1.82 bits per heavy atom. The fourth-order valence-corrected chi connectivity index (χ4v) is 1.01. The van der Waals surface area contributed by atoms with E-state index >= 15 is 0 Å². The lowest BCUT2D eigenvalue weighted by molar-refractivity contribution is -0.104. The van der Waals surface area contributed by atoms with Gasteiger partial charge in [-0.05, 0) is 6.42 Å². The third-order valence-corrected chi connectivity index (χ3v) is 1.72. The van der Waals surface area contributed by atoms with Crippen LogP contribution in [0.3, 0.4) is 0 Å². The lowest BCUT2D eigenvalue weighted by Gasteiger charge is -2.37. The minimum atomic E-state index is -0.877. The van der Waals surface area contributed by atoms with Gasteiger partial charge in [-0.2, -0.15) is 0 Å². The number of hydrogen-bond acceptors (Lipinski definition) is 2. The maximum atomic E-state index is 10.4. The molecule has 0 aromatic heterocycles. The van der Waals surface area contributed by atoms with E-state index in [1.54, 1.807) is 0 Å². The SMILES string of the molecule is CCCOC1CCN1C(=O)O. The molecule has 64 valence electrons. The normalized spacial score (nSPS) is 23.0. The van der Waals surface area contributed by atoms with E-state index < -0.39 is 6.09 Å². The summed E-state index contributed by atoms with van der Waals surface area (Å²) >= 11 is 0. The van der Waals surface area contributed by atoms with Gasteiger partial charge in [-0.15, -0.1) is 0 Å². The Hall–Kier alpha value is -0.770. The van der Waals surface area contributed by atoms with Crippen molar-refractivity contribution < 1.29 is 14.6 Å². The van der Waals surface area contributed by atoms with Crippen LogP contribution in [-0.4, -0.2) is 35.5 Å². The predicted molar refractivity (Wildman–Crippen MR) is 39.4 cm³/mol. The molecule has 0 saturated carbocycles. The van der Waals surface area contributed by atoms with Crippen molar-refractivity contribution in [2.75, 3.05) is 13.2 Å². The average molecular weight is 159 g/mol. The molecule has 4 nitrogen and oxygen atoms in total. The summed E-state index contributed by atoms with van der Waals surface area (Å²) in [5.41, 5.74) is 0. The summed E-state index contributed by atoms with van der Waals surface area (Å²) in [4.78, 5) is 11.7. The summed E-state index contributed by atoms with van der Waals surface area (Å²) in [6.07, 6.45) is 0.723. The van der Waals surface area contributed by atoms with Gasteiger partial charge in [-0.25, -0.2) is 4.79 Å². The van der Waals surface area contributed by atoms with Crippen molar-refractivity contribution in [2.45, 2.75) is 26.0 Å². The van der Waals surface area contributed by atoms with Crippen molar-refractivity contribution >= 4 is 6.09 Å². The molecule has 4 heteroatoms. The Kier molecular flexibility index (Phi) is 2.70. The van der Waals surface area contributed by atoms with Crippen LogP contribution in [0.2, 0.25) is 0 Å². The molecular formula is C7H13NO3. The topological polar surface area (TPSA) is 49.8 Å². The highest BCUT2D eigenvalue weighted by Gasteiger charge is 2.32. The van der Waals surface area contributed by atoms with Crippen molar-refractivity contribution in [3.63, 3.8) is 0 Å². The molecule has 1 N–H and O–H groups in total. The zero-order chi connectivity index (χ0) is 8.27. The third-order valence-electron chi connectivity index (χ3n) is 1.72. The fraction of sp³-hybridized carbons (Fsp3) is 0.857. The van der Waals surface area contributed by atoms with Gasteiger partial charge < -0.3 is 9.84 Å². The molecule has 1 saturated heterocycles. The highest BCUT2D eigenvalue weighted by atomic mass is 16.5. The van der Waals surface area contributed by atoms with Crippen LogP contribution in [0.4, 0.5) is 4.79 Å². The molecule has 1 atom stereocenters. The van der Waals surface area contributed by atoms with Crippen molar-refractivity contribution in [1.82, 2.24) is 4.90 Å². The van der Waals surface area contributed by atoms with Crippen molar-refractivity contribution in [2.24, 2.45) is 0 Å². The third kappa shape index (κ3) is 1.83. The van der Waals surface area contributed by atoms with Crippen LogP contribution in [0.15, 0.2) is 0 Å². The number of hydrogen-bond donors (Lipinski definition) is 1. The van der Waals surface area contributed by atoms with Gasteiger partial charge in [0.25, 0.3) is 0 Å². The zero-order valence-corrected chi connectivity index (χ0v) is 6.62. The molecule has 1 fully saturated rings. The van der Waals surface area contributed by atoms with Gasteiger partial charge in [-0.1, -0.05) is 6.92 Å². The minimum absolute atomic E-state index is 0.174.